The zero-order valence-electron chi connectivity index (χ0n) is 2.21. The average Bonchev–Trinajstić information content (AvgIpc) is 1.38. The Labute approximate surface area is 34.3 Å². The number of halogens is 3. The van der Waals surface area contributed by atoms with E-state index in [9.17, 15) is 13.2 Å². The van der Waals surface area contributed by atoms with Crippen LogP contribution in [0.15, 0.2) is 12.4 Å². The topological polar surface area (TPSA) is 0 Å². The van der Waals surface area contributed by atoms with E-state index in [1.807, 2.05) is 0 Å². The van der Waals surface area contributed by atoms with Gasteiger partial charge in [0.1, 0.15) is 0 Å². The van der Waals surface area contributed by atoms with E-state index in [1.54, 1.807) is 0 Å². The van der Waals surface area contributed by atoms with Gasteiger partial charge in [-0.1, -0.05) is 7.43 Å². The molecule has 0 aliphatic rings. The van der Waals surface area contributed by atoms with Crippen molar-refractivity contribution in [1.29, 1.82) is 0 Å². The summed E-state index contributed by atoms with van der Waals surface area (Å²) in [6.45, 7) is 0. The van der Waals surface area contributed by atoms with Gasteiger partial charge in [0.25, 0.3) is 6.08 Å². The summed E-state index contributed by atoms with van der Waals surface area (Å²) in [4.78, 5) is 0. The van der Waals surface area contributed by atoms with Crippen molar-refractivity contribution >= 4 is 0 Å². The van der Waals surface area contributed by atoms with Crippen molar-refractivity contribution in [2.75, 3.05) is 0 Å². The predicted molar refractivity (Wildman–Crippen MR) is 18.1 cm³/mol. The molecule has 0 bridgehead atoms. The highest BCUT2D eigenvalue weighted by atomic mass is 19.3. The van der Waals surface area contributed by atoms with Gasteiger partial charge in [-0.3, -0.25) is 0 Å². The molecule has 0 aromatic rings. The zero-order valence-corrected chi connectivity index (χ0v) is 2.21. The molecule has 0 rings (SSSR count). The molecule has 38 valence electrons. The average molecular weight is 98.1 g/mol. The molecule has 3 heteroatoms. The van der Waals surface area contributed by atoms with Gasteiger partial charge >= 0.3 is 0 Å². The zero-order chi connectivity index (χ0) is 4.28. The largest absolute Gasteiger partial charge is 0.298 e. The number of hydrogen-bond donors (Lipinski definition) is 0. The molecule has 0 heterocycles. The lowest BCUT2D eigenvalue weighted by Crippen LogP contribution is -1.42. The molecule has 0 N–H and O–H groups in total. The van der Waals surface area contributed by atoms with Crippen molar-refractivity contribution in [2.45, 2.75) is 7.43 Å². The third kappa shape index (κ3) is 9.65. The predicted octanol–water partition coefficient (Wildman–Crippen LogP) is 2.33. The second-order valence-electron chi connectivity index (χ2n) is 0.399. The molecular formula is C3H5F3. The van der Waals surface area contributed by atoms with Crippen molar-refractivity contribution in [1.82, 2.24) is 0 Å². The van der Waals surface area contributed by atoms with Crippen LogP contribution in [0.2, 0.25) is 0 Å². The Kier molecular flexibility index (Phi) is 6.88. The molecule has 0 atom stereocenters. The Hall–Kier alpha value is -0.470. The molecule has 0 saturated heterocycles. The summed E-state index contributed by atoms with van der Waals surface area (Å²) >= 11 is 0. The van der Waals surface area contributed by atoms with Gasteiger partial charge in [-0.15, -0.1) is 0 Å². The maximum Gasteiger partial charge on any atom is 0.298 e. The molecule has 0 aromatic carbocycles. The van der Waals surface area contributed by atoms with E-state index in [2.05, 4.69) is 0 Å². The van der Waals surface area contributed by atoms with E-state index in [4.69, 9.17) is 0 Å². The summed E-state index contributed by atoms with van der Waals surface area (Å²) in [6.07, 6.45) is -3.04. The van der Waals surface area contributed by atoms with Crippen LogP contribution >= 0.6 is 0 Å². The van der Waals surface area contributed by atoms with Gasteiger partial charge < -0.3 is 0 Å². The van der Waals surface area contributed by atoms with Crippen LogP contribution < -0.4 is 0 Å². The van der Waals surface area contributed by atoms with Gasteiger partial charge in [0.2, 0.25) is 0 Å². The van der Waals surface area contributed by atoms with E-state index in [0.29, 0.717) is 0 Å². The minimum atomic E-state index is -2.29. The summed E-state index contributed by atoms with van der Waals surface area (Å²) in [5, 5.41) is 0. The van der Waals surface area contributed by atoms with Gasteiger partial charge in [-0.05, 0) is 0 Å². The van der Waals surface area contributed by atoms with Crippen LogP contribution in [-0.4, -0.2) is 0 Å². The first-order valence-corrected chi connectivity index (χ1v) is 0.885. The van der Waals surface area contributed by atoms with Crippen LogP contribution in [0.1, 0.15) is 7.43 Å². The first kappa shape index (κ1) is 9.11. The molecule has 0 amide bonds. The van der Waals surface area contributed by atoms with Crippen molar-refractivity contribution in [2.24, 2.45) is 0 Å². The smallest absolute Gasteiger partial charge is 0.210 e. The summed E-state index contributed by atoms with van der Waals surface area (Å²) in [5.74, 6) is 0. The molecule has 0 radical (unpaired) electrons. The van der Waals surface area contributed by atoms with E-state index in [1.165, 1.54) is 0 Å². The Morgan fingerprint density at radius 1 is 1.33 bits per heavy atom. The quantitative estimate of drug-likeness (QED) is 0.436. The van der Waals surface area contributed by atoms with Crippen LogP contribution in [0.3, 0.4) is 0 Å². The van der Waals surface area contributed by atoms with Crippen LogP contribution in [0, 0.1) is 0 Å². The number of rotatable bonds is 0. The second-order valence-corrected chi connectivity index (χ2v) is 0.399. The first-order valence-electron chi connectivity index (χ1n) is 0.885. The number of hydrogen-bond acceptors (Lipinski definition) is 0. The van der Waals surface area contributed by atoms with E-state index in [0.717, 1.165) is 0 Å². The standard InChI is InChI=1S/C2HF3.CH4/c3-1-2(4)5;/h1H;1H4. The molecule has 0 nitrogen and oxygen atoms in total. The molecule has 6 heavy (non-hydrogen) atoms. The summed E-state index contributed by atoms with van der Waals surface area (Å²) in [7, 11) is 0. The maximum atomic E-state index is 10.2. The molecule has 0 fully saturated rings. The van der Waals surface area contributed by atoms with E-state index < -0.39 is 12.4 Å². The Morgan fingerprint density at radius 2 is 1.50 bits per heavy atom. The summed E-state index contributed by atoms with van der Waals surface area (Å²) < 4.78 is 30.7. The van der Waals surface area contributed by atoms with Crippen molar-refractivity contribution < 1.29 is 13.2 Å². The second kappa shape index (κ2) is 4.53. The molecule has 0 aliphatic heterocycles. The third-order valence-electron chi connectivity index (χ3n) is 0.0825. The van der Waals surface area contributed by atoms with Gasteiger partial charge in [-0.25, -0.2) is 4.39 Å². The maximum absolute atomic E-state index is 10.2. The Bertz CT molecular complexity index is 44.0. The normalized spacial score (nSPS) is 5.83. The molecule has 0 spiro atoms. The van der Waals surface area contributed by atoms with Crippen molar-refractivity contribution in [3.05, 3.63) is 12.4 Å². The van der Waals surface area contributed by atoms with Gasteiger partial charge in [0.15, 0.2) is 6.33 Å². The highest BCUT2D eigenvalue weighted by Gasteiger charge is 1.78. The highest BCUT2D eigenvalue weighted by molar-refractivity contribution is 4.66. The Morgan fingerprint density at radius 3 is 1.50 bits per heavy atom. The summed E-state index contributed by atoms with van der Waals surface area (Å²) in [5.41, 5.74) is 0. The summed E-state index contributed by atoms with van der Waals surface area (Å²) in [6, 6.07) is 0. The van der Waals surface area contributed by atoms with Crippen molar-refractivity contribution in [3.8, 4) is 0 Å². The fourth-order valence-electron chi connectivity index (χ4n) is 0. The molecule has 0 aromatic heterocycles. The highest BCUT2D eigenvalue weighted by Crippen LogP contribution is 1.93. The van der Waals surface area contributed by atoms with Gasteiger partial charge in [0.05, 0.1) is 0 Å². The first-order chi connectivity index (χ1) is 2.27. The SMILES string of the molecule is C.FC=C(F)F. The lowest BCUT2D eigenvalue weighted by molar-refractivity contribution is 0.400. The van der Waals surface area contributed by atoms with Crippen molar-refractivity contribution in [3.63, 3.8) is 0 Å². The Balaban J connectivity index is 0. The lowest BCUT2D eigenvalue weighted by Gasteiger charge is -1.59. The van der Waals surface area contributed by atoms with Crippen LogP contribution in [0.4, 0.5) is 13.2 Å². The third-order valence-corrected chi connectivity index (χ3v) is 0.0825. The minimum Gasteiger partial charge on any atom is -0.210 e. The van der Waals surface area contributed by atoms with E-state index >= 15 is 0 Å². The fourth-order valence-corrected chi connectivity index (χ4v) is 0. The molecule has 0 unspecified atom stereocenters. The molecule has 0 saturated carbocycles. The monoisotopic (exact) mass is 98.0 g/mol. The fraction of sp³-hybridized carbons (Fsp3) is 0.333. The van der Waals surface area contributed by atoms with Crippen LogP contribution in [0.5, 0.6) is 0 Å². The van der Waals surface area contributed by atoms with Crippen LogP contribution in [-0.2, 0) is 0 Å². The van der Waals surface area contributed by atoms with Gasteiger partial charge in [-0.2, -0.15) is 8.78 Å². The molecule has 0 aliphatic carbocycles. The van der Waals surface area contributed by atoms with Gasteiger partial charge in [0, 0.05) is 0 Å². The molecular weight excluding hydrogens is 93.0 g/mol. The lowest BCUT2D eigenvalue weighted by atomic mass is 11.1. The minimum absolute atomic E-state index is 0. The van der Waals surface area contributed by atoms with Crippen LogP contribution in [0.25, 0.3) is 0 Å². The van der Waals surface area contributed by atoms with E-state index in [-0.39, 0.29) is 7.43 Å².